The first-order chi connectivity index (χ1) is 11.9. The van der Waals surface area contributed by atoms with Crippen molar-refractivity contribution in [3.63, 3.8) is 0 Å². The molecular weight excluding hydrogens is 362 g/mol. The summed E-state index contributed by atoms with van der Waals surface area (Å²) < 4.78 is 23.6. The van der Waals surface area contributed by atoms with Crippen LogP contribution in [-0.4, -0.2) is 56.6 Å². The molecule has 6 nitrogen and oxygen atoms in total. The maximum Gasteiger partial charge on any atom is 0.254 e. The number of halogens is 1. The molecule has 0 bridgehead atoms. The minimum atomic E-state index is -3.48. The maximum absolute atomic E-state index is 12.7. The van der Waals surface area contributed by atoms with Crippen LogP contribution < -0.4 is 4.90 Å². The average molecular weight is 380 g/mol. The van der Waals surface area contributed by atoms with E-state index in [9.17, 15) is 13.2 Å². The lowest BCUT2D eigenvalue weighted by Gasteiger charge is -2.36. The minimum Gasteiger partial charge on any atom is -0.368 e. The Hall–Kier alpha value is -2.12. The number of hydrogen-bond acceptors (Lipinski definition) is 5. The van der Waals surface area contributed by atoms with Crippen LogP contribution in [0.5, 0.6) is 0 Å². The van der Waals surface area contributed by atoms with Crippen LogP contribution in [0.2, 0.25) is 5.02 Å². The van der Waals surface area contributed by atoms with Gasteiger partial charge in [0.25, 0.3) is 5.91 Å². The number of hydrogen-bond donors (Lipinski definition) is 0. The molecule has 1 fully saturated rings. The molecule has 2 heterocycles. The van der Waals surface area contributed by atoms with Gasteiger partial charge in [-0.1, -0.05) is 11.6 Å². The minimum absolute atomic E-state index is 0.0181. The fourth-order valence-electron chi connectivity index (χ4n) is 2.83. The van der Waals surface area contributed by atoms with Gasteiger partial charge in [-0.15, -0.1) is 0 Å². The van der Waals surface area contributed by atoms with Gasteiger partial charge >= 0.3 is 0 Å². The standard InChI is InChI=1S/C17H18ClN3O3S/c1-25(23,24)16-12-13(2-3-15(16)18)17(22)21-10-8-20(9-11-21)14-4-6-19-7-5-14/h2-7,12H,8-11H2,1H3. The summed E-state index contributed by atoms with van der Waals surface area (Å²) in [5.41, 5.74) is 1.41. The highest BCUT2D eigenvalue weighted by molar-refractivity contribution is 7.90. The number of rotatable bonds is 3. The number of pyridine rings is 1. The summed E-state index contributed by atoms with van der Waals surface area (Å²) in [5.74, 6) is -0.184. The second-order valence-electron chi connectivity index (χ2n) is 5.90. The Morgan fingerprint density at radius 3 is 2.32 bits per heavy atom. The van der Waals surface area contributed by atoms with Crippen LogP contribution >= 0.6 is 11.6 Å². The number of aromatic nitrogens is 1. The van der Waals surface area contributed by atoms with Crippen molar-refractivity contribution in [3.05, 3.63) is 53.3 Å². The molecule has 132 valence electrons. The molecule has 0 spiro atoms. The summed E-state index contributed by atoms with van der Waals surface area (Å²) in [5, 5.41) is 0.126. The third-order valence-corrected chi connectivity index (χ3v) is 5.75. The van der Waals surface area contributed by atoms with Gasteiger partial charge in [0.2, 0.25) is 0 Å². The molecule has 1 aromatic carbocycles. The Bertz CT molecular complexity index is 879. The van der Waals surface area contributed by atoms with Crippen LogP contribution in [0.4, 0.5) is 5.69 Å². The first-order valence-corrected chi connectivity index (χ1v) is 10.1. The van der Waals surface area contributed by atoms with Gasteiger partial charge in [0.05, 0.1) is 9.92 Å². The predicted octanol–water partition coefficient (Wildman–Crippen LogP) is 2.10. The highest BCUT2D eigenvalue weighted by Crippen LogP contribution is 2.24. The van der Waals surface area contributed by atoms with Crippen molar-refractivity contribution < 1.29 is 13.2 Å². The van der Waals surface area contributed by atoms with Crippen LogP contribution in [0.3, 0.4) is 0 Å². The van der Waals surface area contributed by atoms with Gasteiger partial charge in [-0.05, 0) is 30.3 Å². The summed E-state index contributed by atoms with van der Waals surface area (Å²) in [6.07, 6.45) is 4.57. The van der Waals surface area contributed by atoms with Crippen molar-refractivity contribution in [1.82, 2.24) is 9.88 Å². The second kappa shape index (κ2) is 7.01. The van der Waals surface area contributed by atoms with Crippen molar-refractivity contribution in [2.24, 2.45) is 0 Å². The molecule has 0 radical (unpaired) electrons. The van der Waals surface area contributed by atoms with Gasteiger partial charge in [0.15, 0.2) is 9.84 Å². The monoisotopic (exact) mass is 379 g/mol. The van der Waals surface area contributed by atoms with Crippen LogP contribution in [0, 0.1) is 0 Å². The lowest BCUT2D eigenvalue weighted by molar-refractivity contribution is 0.0746. The molecule has 0 N–H and O–H groups in total. The molecule has 0 unspecified atom stereocenters. The number of benzene rings is 1. The molecule has 1 saturated heterocycles. The average Bonchev–Trinajstić information content (AvgIpc) is 2.61. The van der Waals surface area contributed by atoms with Crippen molar-refractivity contribution in [2.75, 3.05) is 37.3 Å². The third kappa shape index (κ3) is 3.93. The third-order valence-electron chi connectivity index (χ3n) is 4.17. The smallest absolute Gasteiger partial charge is 0.254 e. The summed E-state index contributed by atoms with van der Waals surface area (Å²) in [6, 6.07) is 8.26. The van der Waals surface area contributed by atoms with Gasteiger partial charge in [-0.2, -0.15) is 0 Å². The number of nitrogens with zero attached hydrogens (tertiary/aromatic N) is 3. The number of amides is 1. The topological polar surface area (TPSA) is 70.6 Å². The summed E-state index contributed by atoms with van der Waals surface area (Å²) >= 11 is 5.94. The Kier molecular flexibility index (Phi) is 4.96. The second-order valence-corrected chi connectivity index (χ2v) is 8.29. The first-order valence-electron chi connectivity index (χ1n) is 7.80. The van der Waals surface area contributed by atoms with Crippen LogP contribution in [-0.2, 0) is 9.84 Å². The molecule has 2 aromatic rings. The zero-order valence-electron chi connectivity index (χ0n) is 13.7. The Morgan fingerprint density at radius 2 is 1.72 bits per heavy atom. The van der Waals surface area contributed by atoms with Gasteiger partial charge in [0.1, 0.15) is 0 Å². The van der Waals surface area contributed by atoms with Gasteiger partial charge < -0.3 is 9.80 Å². The van der Waals surface area contributed by atoms with Crippen molar-refractivity contribution in [3.8, 4) is 0 Å². The quantitative estimate of drug-likeness (QED) is 0.816. The fourth-order valence-corrected chi connectivity index (χ4v) is 4.13. The SMILES string of the molecule is CS(=O)(=O)c1cc(C(=O)N2CCN(c3ccncc3)CC2)ccc1Cl. The van der Waals surface area contributed by atoms with E-state index < -0.39 is 9.84 Å². The van der Waals surface area contributed by atoms with Crippen molar-refractivity contribution in [1.29, 1.82) is 0 Å². The Balaban J connectivity index is 1.73. The molecule has 25 heavy (non-hydrogen) atoms. The molecule has 0 atom stereocenters. The normalized spacial score (nSPS) is 15.3. The van der Waals surface area contributed by atoms with Gasteiger partial charge in [-0.3, -0.25) is 9.78 Å². The summed E-state index contributed by atoms with van der Waals surface area (Å²) in [7, 11) is -3.48. The number of piperazine rings is 1. The lowest BCUT2D eigenvalue weighted by atomic mass is 10.1. The van der Waals surface area contributed by atoms with Crippen LogP contribution in [0.15, 0.2) is 47.6 Å². The number of carbonyl (C=O) groups is 1. The van der Waals surface area contributed by atoms with E-state index in [2.05, 4.69) is 9.88 Å². The Labute approximate surface area is 152 Å². The molecule has 1 amide bonds. The number of anilines is 1. The molecule has 3 rings (SSSR count). The molecule has 1 aliphatic heterocycles. The van der Waals surface area contributed by atoms with Crippen molar-refractivity contribution in [2.45, 2.75) is 4.90 Å². The van der Waals surface area contributed by atoms with Crippen LogP contribution in [0.1, 0.15) is 10.4 Å². The van der Waals surface area contributed by atoms with E-state index >= 15 is 0 Å². The molecule has 0 saturated carbocycles. The van der Waals surface area contributed by atoms with E-state index in [0.717, 1.165) is 11.9 Å². The lowest BCUT2D eigenvalue weighted by Crippen LogP contribution is -2.48. The first kappa shape index (κ1) is 17.7. The van der Waals surface area contributed by atoms with Gasteiger partial charge in [-0.25, -0.2) is 8.42 Å². The molecular formula is C17H18ClN3O3S. The maximum atomic E-state index is 12.7. The molecule has 1 aromatic heterocycles. The van der Waals surface area contributed by atoms with E-state index in [4.69, 9.17) is 11.6 Å². The van der Waals surface area contributed by atoms with E-state index in [1.165, 1.54) is 12.1 Å². The van der Waals surface area contributed by atoms with Crippen LogP contribution in [0.25, 0.3) is 0 Å². The molecule has 0 aliphatic carbocycles. The summed E-state index contributed by atoms with van der Waals surface area (Å²) in [4.78, 5) is 20.6. The molecule has 1 aliphatic rings. The highest BCUT2D eigenvalue weighted by atomic mass is 35.5. The molecule has 8 heteroatoms. The van der Waals surface area contributed by atoms with E-state index in [1.54, 1.807) is 23.4 Å². The van der Waals surface area contributed by atoms with E-state index in [1.807, 2.05) is 12.1 Å². The zero-order valence-corrected chi connectivity index (χ0v) is 15.3. The zero-order chi connectivity index (χ0) is 18.0. The predicted molar refractivity (Wildman–Crippen MR) is 96.9 cm³/mol. The number of carbonyl (C=O) groups excluding carboxylic acids is 1. The Morgan fingerprint density at radius 1 is 1.08 bits per heavy atom. The fraction of sp³-hybridized carbons (Fsp3) is 0.294. The highest BCUT2D eigenvalue weighted by Gasteiger charge is 2.24. The summed E-state index contributed by atoms with van der Waals surface area (Å²) in [6.45, 7) is 2.56. The van der Waals surface area contributed by atoms with E-state index in [0.29, 0.717) is 31.7 Å². The van der Waals surface area contributed by atoms with E-state index in [-0.39, 0.29) is 15.8 Å². The van der Waals surface area contributed by atoms with Crippen molar-refractivity contribution >= 4 is 33.0 Å². The van der Waals surface area contributed by atoms with Gasteiger partial charge in [0, 0.05) is 56.1 Å². The largest absolute Gasteiger partial charge is 0.368 e. The number of sulfone groups is 1.